The van der Waals surface area contributed by atoms with Crippen LogP contribution >= 0.6 is 11.6 Å². The van der Waals surface area contributed by atoms with E-state index in [2.05, 4.69) is 34.1 Å². The number of rotatable bonds is 4. The van der Waals surface area contributed by atoms with Crippen molar-refractivity contribution in [2.75, 3.05) is 53.4 Å². The standard InChI is InChI=1S/C13H20ClN5O/c1-17(2)5-6-18-7-9-19(10-8-18)13(20)11-3-4-12(14)16-15-11/h3-4H,5-10H2,1-2H3. The SMILES string of the molecule is CN(C)CCN1CCN(C(=O)c2ccc(Cl)nn2)CC1. The molecule has 1 aliphatic heterocycles. The zero-order valence-corrected chi connectivity index (χ0v) is 12.7. The lowest BCUT2D eigenvalue weighted by atomic mass is 10.2. The van der Waals surface area contributed by atoms with Crippen LogP contribution in [0.25, 0.3) is 0 Å². The molecule has 6 nitrogen and oxygen atoms in total. The van der Waals surface area contributed by atoms with Crippen molar-refractivity contribution in [2.24, 2.45) is 0 Å². The van der Waals surface area contributed by atoms with Crippen molar-refractivity contribution in [1.82, 2.24) is 24.9 Å². The first-order valence-corrected chi connectivity index (χ1v) is 7.09. The average Bonchev–Trinajstić information content (AvgIpc) is 2.46. The van der Waals surface area contributed by atoms with E-state index in [-0.39, 0.29) is 5.91 Å². The van der Waals surface area contributed by atoms with Crippen LogP contribution in [0.15, 0.2) is 12.1 Å². The highest BCUT2D eigenvalue weighted by Crippen LogP contribution is 2.08. The van der Waals surface area contributed by atoms with Gasteiger partial charge in [0.15, 0.2) is 10.8 Å². The van der Waals surface area contributed by atoms with E-state index >= 15 is 0 Å². The van der Waals surface area contributed by atoms with Gasteiger partial charge in [-0.25, -0.2) is 0 Å². The first-order chi connectivity index (χ1) is 9.56. The highest BCUT2D eigenvalue weighted by Gasteiger charge is 2.22. The Morgan fingerprint density at radius 1 is 1.25 bits per heavy atom. The highest BCUT2D eigenvalue weighted by atomic mass is 35.5. The fraction of sp³-hybridized carbons (Fsp3) is 0.615. The molecular formula is C13H20ClN5O. The Hall–Kier alpha value is -1.24. The number of halogens is 1. The molecule has 0 radical (unpaired) electrons. The van der Waals surface area contributed by atoms with Crippen molar-refractivity contribution >= 4 is 17.5 Å². The van der Waals surface area contributed by atoms with Gasteiger partial charge in [0.1, 0.15) is 0 Å². The van der Waals surface area contributed by atoms with Gasteiger partial charge >= 0.3 is 0 Å². The summed E-state index contributed by atoms with van der Waals surface area (Å²) in [6.07, 6.45) is 0. The van der Waals surface area contributed by atoms with E-state index in [1.807, 2.05) is 4.90 Å². The summed E-state index contributed by atoms with van der Waals surface area (Å²) in [5, 5.41) is 7.85. The van der Waals surface area contributed by atoms with Crippen molar-refractivity contribution in [2.45, 2.75) is 0 Å². The Morgan fingerprint density at radius 3 is 2.50 bits per heavy atom. The zero-order valence-electron chi connectivity index (χ0n) is 11.9. The van der Waals surface area contributed by atoms with E-state index < -0.39 is 0 Å². The lowest BCUT2D eigenvalue weighted by molar-refractivity contribution is 0.0623. The molecule has 0 N–H and O–H groups in total. The Balaban J connectivity index is 1.84. The monoisotopic (exact) mass is 297 g/mol. The van der Waals surface area contributed by atoms with Gasteiger partial charge in [0.25, 0.3) is 5.91 Å². The number of piperazine rings is 1. The van der Waals surface area contributed by atoms with Crippen molar-refractivity contribution < 1.29 is 4.79 Å². The molecule has 0 saturated carbocycles. The molecule has 2 heterocycles. The van der Waals surface area contributed by atoms with Crippen molar-refractivity contribution in [1.29, 1.82) is 0 Å². The number of amides is 1. The van der Waals surface area contributed by atoms with Crippen LogP contribution in [0.2, 0.25) is 5.15 Å². The first kappa shape index (κ1) is 15.2. The summed E-state index contributed by atoms with van der Waals surface area (Å²) in [5.41, 5.74) is 0.358. The average molecular weight is 298 g/mol. The number of carbonyl (C=O) groups excluding carboxylic acids is 1. The van der Waals surface area contributed by atoms with E-state index in [0.717, 1.165) is 39.3 Å². The van der Waals surface area contributed by atoms with Crippen molar-refractivity contribution in [3.05, 3.63) is 23.0 Å². The smallest absolute Gasteiger partial charge is 0.274 e. The summed E-state index contributed by atoms with van der Waals surface area (Å²) in [6.45, 7) is 5.35. The fourth-order valence-corrected chi connectivity index (χ4v) is 2.21. The van der Waals surface area contributed by atoms with Crippen LogP contribution in [0.3, 0.4) is 0 Å². The minimum Gasteiger partial charge on any atom is -0.335 e. The molecule has 1 aliphatic rings. The van der Waals surface area contributed by atoms with Gasteiger partial charge in [-0.3, -0.25) is 9.69 Å². The largest absolute Gasteiger partial charge is 0.335 e. The van der Waals surface area contributed by atoms with Gasteiger partial charge in [-0.1, -0.05) is 11.6 Å². The van der Waals surface area contributed by atoms with Gasteiger partial charge in [-0.15, -0.1) is 10.2 Å². The van der Waals surface area contributed by atoms with Crippen LogP contribution in [0, 0.1) is 0 Å². The highest BCUT2D eigenvalue weighted by molar-refractivity contribution is 6.29. The number of carbonyl (C=O) groups is 1. The van der Waals surface area contributed by atoms with Crippen LogP contribution in [0.4, 0.5) is 0 Å². The molecule has 0 spiro atoms. The van der Waals surface area contributed by atoms with E-state index in [9.17, 15) is 4.79 Å². The molecule has 0 aromatic carbocycles. The molecule has 0 atom stereocenters. The molecule has 7 heteroatoms. The van der Waals surface area contributed by atoms with E-state index in [1.165, 1.54) is 0 Å². The molecule has 1 saturated heterocycles. The fourth-order valence-electron chi connectivity index (χ4n) is 2.11. The molecule has 1 fully saturated rings. The minimum atomic E-state index is -0.0681. The second kappa shape index (κ2) is 6.97. The van der Waals surface area contributed by atoms with Crippen molar-refractivity contribution in [3.8, 4) is 0 Å². The Labute approximate surface area is 124 Å². The minimum absolute atomic E-state index is 0.0681. The summed E-state index contributed by atoms with van der Waals surface area (Å²) in [6, 6.07) is 3.21. The number of aromatic nitrogens is 2. The van der Waals surface area contributed by atoms with Crippen LogP contribution in [0.1, 0.15) is 10.5 Å². The first-order valence-electron chi connectivity index (χ1n) is 6.72. The van der Waals surface area contributed by atoms with Gasteiger partial charge in [-0.05, 0) is 26.2 Å². The number of hydrogen-bond acceptors (Lipinski definition) is 5. The van der Waals surface area contributed by atoms with Gasteiger partial charge in [0, 0.05) is 39.3 Å². The molecule has 0 bridgehead atoms. The third kappa shape index (κ3) is 4.13. The number of hydrogen-bond donors (Lipinski definition) is 0. The van der Waals surface area contributed by atoms with Crippen LogP contribution < -0.4 is 0 Å². The number of nitrogens with zero attached hydrogens (tertiary/aromatic N) is 5. The second-order valence-electron chi connectivity index (χ2n) is 5.18. The Kier molecular flexibility index (Phi) is 5.28. The third-order valence-electron chi connectivity index (χ3n) is 3.37. The quantitative estimate of drug-likeness (QED) is 0.808. The topological polar surface area (TPSA) is 52.6 Å². The third-order valence-corrected chi connectivity index (χ3v) is 3.58. The van der Waals surface area contributed by atoms with E-state index in [1.54, 1.807) is 12.1 Å². The number of likely N-dealkylation sites (N-methyl/N-ethyl adjacent to an activating group) is 1. The molecule has 0 aliphatic carbocycles. The maximum atomic E-state index is 12.2. The van der Waals surface area contributed by atoms with E-state index in [0.29, 0.717) is 10.8 Å². The Bertz CT molecular complexity index is 443. The molecule has 20 heavy (non-hydrogen) atoms. The lowest BCUT2D eigenvalue weighted by Gasteiger charge is -2.34. The molecular weight excluding hydrogens is 278 g/mol. The van der Waals surface area contributed by atoms with Crippen LogP contribution in [0.5, 0.6) is 0 Å². The summed E-state index contributed by atoms with van der Waals surface area (Å²) < 4.78 is 0. The molecule has 1 aromatic rings. The van der Waals surface area contributed by atoms with Gasteiger partial charge < -0.3 is 9.80 Å². The van der Waals surface area contributed by atoms with Crippen molar-refractivity contribution in [3.63, 3.8) is 0 Å². The second-order valence-corrected chi connectivity index (χ2v) is 5.57. The maximum absolute atomic E-state index is 12.2. The molecule has 2 rings (SSSR count). The summed E-state index contributed by atoms with van der Waals surface area (Å²) in [7, 11) is 4.14. The normalized spacial score (nSPS) is 16.7. The van der Waals surface area contributed by atoms with Gasteiger partial charge in [-0.2, -0.15) is 0 Å². The molecule has 110 valence electrons. The summed E-state index contributed by atoms with van der Waals surface area (Å²) in [5.74, 6) is -0.0681. The summed E-state index contributed by atoms with van der Waals surface area (Å²) >= 11 is 5.67. The van der Waals surface area contributed by atoms with E-state index in [4.69, 9.17) is 11.6 Å². The maximum Gasteiger partial charge on any atom is 0.274 e. The lowest BCUT2D eigenvalue weighted by Crippen LogP contribution is -2.50. The van der Waals surface area contributed by atoms with Gasteiger partial charge in [0.2, 0.25) is 0 Å². The summed E-state index contributed by atoms with van der Waals surface area (Å²) in [4.78, 5) is 18.6. The van der Waals surface area contributed by atoms with Gasteiger partial charge in [0.05, 0.1) is 0 Å². The molecule has 1 amide bonds. The predicted molar refractivity (Wildman–Crippen MR) is 77.9 cm³/mol. The molecule has 0 unspecified atom stereocenters. The molecule has 1 aromatic heterocycles. The Morgan fingerprint density at radius 2 is 1.95 bits per heavy atom. The van der Waals surface area contributed by atoms with Crippen LogP contribution in [-0.2, 0) is 0 Å². The zero-order chi connectivity index (χ0) is 14.5. The van der Waals surface area contributed by atoms with Crippen LogP contribution in [-0.4, -0.2) is 84.2 Å². The predicted octanol–water partition coefficient (Wildman–Crippen LogP) is 0.449.